The van der Waals surface area contributed by atoms with Gasteiger partial charge in [-0.05, 0) is 12.3 Å². The average molecular weight is 175 g/mol. The molecule has 0 bridgehead atoms. The molecular weight excluding hydrogens is 160 g/mol. The summed E-state index contributed by atoms with van der Waals surface area (Å²) in [5.74, 6) is 3.52. The van der Waals surface area contributed by atoms with Crippen LogP contribution in [0.4, 0.5) is 0 Å². The van der Waals surface area contributed by atoms with Crippen LogP contribution in [0, 0.1) is 12.3 Å². The van der Waals surface area contributed by atoms with E-state index in [0.717, 1.165) is 10.5 Å². The van der Waals surface area contributed by atoms with Gasteiger partial charge in [0.1, 0.15) is 0 Å². The lowest BCUT2D eigenvalue weighted by molar-refractivity contribution is 0.712. The van der Waals surface area contributed by atoms with Crippen molar-refractivity contribution in [2.75, 3.05) is 11.5 Å². The minimum atomic E-state index is 0.808. The van der Waals surface area contributed by atoms with Gasteiger partial charge < -0.3 is 0 Å². The van der Waals surface area contributed by atoms with Crippen LogP contribution in [-0.2, 0) is 0 Å². The van der Waals surface area contributed by atoms with Crippen molar-refractivity contribution in [1.29, 1.82) is 0 Å². The highest BCUT2D eigenvalue weighted by atomic mass is 32.2. The van der Waals surface area contributed by atoms with Crippen LogP contribution in [0.15, 0.2) is 0 Å². The summed E-state index contributed by atoms with van der Waals surface area (Å²) in [5.41, 5.74) is 0. The topological polar surface area (TPSA) is 0 Å². The van der Waals surface area contributed by atoms with E-state index in [4.69, 9.17) is 0 Å². The van der Waals surface area contributed by atoms with Crippen LogP contribution in [0.2, 0.25) is 0 Å². The summed E-state index contributed by atoms with van der Waals surface area (Å²) in [4.78, 5) is 0. The zero-order valence-electron chi connectivity index (χ0n) is 6.67. The summed E-state index contributed by atoms with van der Waals surface area (Å²) in [6, 6.07) is 0. The van der Waals surface area contributed by atoms with E-state index in [1.54, 1.807) is 0 Å². The second-order valence-electron chi connectivity index (χ2n) is 2.61. The van der Waals surface area contributed by atoms with Crippen LogP contribution >= 0.6 is 23.5 Å². The highest BCUT2D eigenvalue weighted by molar-refractivity contribution is 8.20. The molecule has 1 heterocycles. The van der Waals surface area contributed by atoms with Gasteiger partial charge >= 0.3 is 0 Å². The molecule has 0 nitrogen and oxygen atoms in total. The lowest BCUT2D eigenvalue weighted by Crippen LogP contribution is -2.07. The maximum absolute atomic E-state index is 2.43. The molecule has 1 fully saturated rings. The third-order valence-corrected chi connectivity index (χ3v) is 5.15. The van der Waals surface area contributed by atoms with Crippen molar-refractivity contribution in [2.45, 2.75) is 24.9 Å². The van der Waals surface area contributed by atoms with Crippen molar-refractivity contribution < 1.29 is 0 Å². The van der Waals surface area contributed by atoms with Gasteiger partial charge in [0.2, 0.25) is 0 Å². The normalized spacial score (nSPS) is 23.4. The first-order valence-corrected chi connectivity index (χ1v) is 6.01. The highest BCUT2D eigenvalue weighted by Crippen LogP contribution is 2.38. The van der Waals surface area contributed by atoms with Crippen LogP contribution in [-0.4, -0.2) is 16.1 Å². The Morgan fingerprint density at radius 1 is 1.50 bits per heavy atom. The molecule has 0 saturated carbocycles. The molecule has 0 aromatic carbocycles. The Morgan fingerprint density at radius 2 is 2.10 bits per heavy atom. The molecule has 0 aromatic rings. The minimum absolute atomic E-state index is 0.808. The van der Waals surface area contributed by atoms with Gasteiger partial charge in [-0.15, -0.1) is 23.5 Å². The van der Waals surface area contributed by atoms with Crippen molar-refractivity contribution in [3.05, 3.63) is 6.42 Å². The third-order valence-electron chi connectivity index (χ3n) is 1.68. The molecule has 59 valence electrons. The Balaban J connectivity index is 2.18. The predicted molar refractivity (Wildman–Crippen MR) is 52.5 cm³/mol. The van der Waals surface area contributed by atoms with E-state index in [2.05, 4.69) is 43.8 Å². The second-order valence-corrected chi connectivity index (χ2v) is 5.41. The van der Waals surface area contributed by atoms with Crippen LogP contribution in [0.25, 0.3) is 0 Å². The molecule has 1 aliphatic heterocycles. The van der Waals surface area contributed by atoms with Gasteiger partial charge in [-0.3, -0.25) is 0 Å². The largest absolute Gasteiger partial charge is 0.146 e. The van der Waals surface area contributed by atoms with Gasteiger partial charge in [0.05, 0.1) is 4.58 Å². The first-order chi connectivity index (χ1) is 4.84. The van der Waals surface area contributed by atoms with Crippen LogP contribution in [0.1, 0.15) is 20.3 Å². The number of thioether (sulfide) groups is 2. The molecule has 1 aliphatic rings. The molecule has 0 aliphatic carbocycles. The fourth-order valence-corrected chi connectivity index (χ4v) is 4.19. The average Bonchev–Trinajstić information content (AvgIpc) is 2.38. The van der Waals surface area contributed by atoms with E-state index < -0.39 is 0 Å². The molecule has 1 saturated heterocycles. The van der Waals surface area contributed by atoms with E-state index in [-0.39, 0.29) is 0 Å². The highest BCUT2D eigenvalue weighted by Gasteiger charge is 2.21. The van der Waals surface area contributed by atoms with Gasteiger partial charge in [-0.2, -0.15) is 0 Å². The Morgan fingerprint density at radius 3 is 2.60 bits per heavy atom. The van der Waals surface area contributed by atoms with E-state index in [1.165, 1.54) is 17.9 Å². The molecular formula is C8H15S2. The summed E-state index contributed by atoms with van der Waals surface area (Å²) < 4.78 is 0.861. The lowest BCUT2D eigenvalue weighted by Gasteiger charge is -2.15. The van der Waals surface area contributed by atoms with Crippen molar-refractivity contribution in [2.24, 2.45) is 5.92 Å². The first-order valence-electron chi connectivity index (χ1n) is 3.91. The molecule has 1 atom stereocenters. The molecule has 10 heavy (non-hydrogen) atoms. The molecule has 0 aromatic heterocycles. The third kappa shape index (κ3) is 2.39. The smallest absolute Gasteiger partial charge is 0.0531 e. The van der Waals surface area contributed by atoms with E-state index in [9.17, 15) is 0 Å². The van der Waals surface area contributed by atoms with Gasteiger partial charge in [0, 0.05) is 11.5 Å². The van der Waals surface area contributed by atoms with Crippen molar-refractivity contribution in [3.8, 4) is 0 Å². The van der Waals surface area contributed by atoms with Gasteiger partial charge in [0.25, 0.3) is 0 Å². The Bertz CT molecular complexity index is 87.3. The number of hydrogen-bond acceptors (Lipinski definition) is 2. The van der Waals surface area contributed by atoms with E-state index in [0.29, 0.717) is 0 Å². The standard InChI is InChI=1S/C8H15S2/c1-3-4-7(2)8-9-5-6-10-8/h4,7-8H,3,5-6H2,1-2H3. The fourth-order valence-electron chi connectivity index (χ4n) is 1.16. The van der Waals surface area contributed by atoms with Crippen LogP contribution in [0.3, 0.4) is 0 Å². The number of hydrogen-bond donors (Lipinski definition) is 0. The molecule has 1 radical (unpaired) electrons. The van der Waals surface area contributed by atoms with Gasteiger partial charge in [-0.1, -0.05) is 20.3 Å². The summed E-state index contributed by atoms with van der Waals surface area (Å²) in [6.45, 7) is 4.56. The predicted octanol–water partition coefficient (Wildman–Crippen LogP) is 3.04. The van der Waals surface area contributed by atoms with Gasteiger partial charge in [-0.25, -0.2) is 0 Å². The zero-order chi connectivity index (χ0) is 7.40. The lowest BCUT2D eigenvalue weighted by atomic mass is 10.1. The van der Waals surface area contributed by atoms with Crippen LogP contribution in [0.5, 0.6) is 0 Å². The molecule has 0 N–H and O–H groups in total. The first kappa shape index (κ1) is 8.79. The minimum Gasteiger partial charge on any atom is -0.146 e. The Hall–Kier alpha value is 0.700. The molecule has 0 spiro atoms. The SMILES string of the molecule is CC[CH]C(C)C1SCCS1. The van der Waals surface area contributed by atoms with E-state index >= 15 is 0 Å². The van der Waals surface area contributed by atoms with Crippen molar-refractivity contribution in [3.63, 3.8) is 0 Å². The van der Waals surface area contributed by atoms with Crippen molar-refractivity contribution in [1.82, 2.24) is 0 Å². The van der Waals surface area contributed by atoms with Crippen LogP contribution < -0.4 is 0 Å². The summed E-state index contributed by atoms with van der Waals surface area (Å²) >= 11 is 4.24. The summed E-state index contributed by atoms with van der Waals surface area (Å²) in [7, 11) is 0. The molecule has 2 heteroatoms. The monoisotopic (exact) mass is 175 g/mol. The summed E-state index contributed by atoms with van der Waals surface area (Å²) in [6.07, 6.45) is 3.65. The second kappa shape index (κ2) is 4.55. The maximum atomic E-state index is 2.43. The molecule has 0 amide bonds. The number of rotatable bonds is 3. The zero-order valence-corrected chi connectivity index (χ0v) is 8.30. The van der Waals surface area contributed by atoms with E-state index in [1.807, 2.05) is 0 Å². The maximum Gasteiger partial charge on any atom is 0.0531 e. The quantitative estimate of drug-likeness (QED) is 0.646. The summed E-state index contributed by atoms with van der Waals surface area (Å²) in [5, 5.41) is 0. The Kier molecular flexibility index (Phi) is 4.00. The molecule has 1 rings (SSSR count). The Labute approximate surface area is 72.5 Å². The van der Waals surface area contributed by atoms with Crippen molar-refractivity contribution >= 4 is 23.5 Å². The molecule has 1 unspecified atom stereocenters. The van der Waals surface area contributed by atoms with Gasteiger partial charge in [0.15, 0.2) is 0 Å². The fraction of sp³-hybridized carbons (Fsp3) is 0.875.